The first-order chi connectivity index (χ1) is 10.3. The van der Waals surface area contributed by atoms with E-state index in [0.29, 0.717) is 13.2 Å². The van der Waals surface area contributed by atoms with E-state index in [-0.39, 0.29) is 12.5 Å². The molecule has 1 aromatic heterocycles. The van der Waals surface area contributed by atoms with Gasteiger partial charge in [0.15, 0.2) is 0 Å². The Morgan fingerprint density at radius 3 is 2.90 bits per heavy atom. The number of amides is 1. The van der Waals surface area contributed by atoms with Gasteiger partial charge in [-0.15, -0.1) is 0 Å². The highest BCUT2D eigenvalue weighted by Gasteiger charge is 2.03. The summed E-state index contributed by atoms with van der Waals surface area (Å²) in [4.78, 5) is 15.8. The zero-order valence-corrected chi connectivity index (χ0v) is 11.9. The van der Waals surface area contributed by atoms with Crippen molar-refractivity contribution in [3.63, 3.8) is 0 Å². The minimum absolute atomic E-state index is 0.0179. The highest BCUT2D eigenvalue weighted by molar-refractivity contribution is 5.77. The van der Waals surface area contributed by atoms with Gasteiger partial charge in [-0.2, -0.15) is 0 Å². The third-order valence-electron chi connectivity index (χ3n) is 2.83. The highest BCUT2D eigenvalue weighted by Crippen LogP contribution is 2.13. The van der Waals surface area contributed by atoms with Crippen molar-refractivity contribution >= 4 is 5.91 Å². The SMILES string of the molecule is COc1cccc(COCC(=O)NCc2ccccn2)c1. The van der Waals surface area contributed by atoms with E-state index >= 15 is 0 Å². The predicted octanol–water partition coefficient (Wildman–Crippen LogP) is 1.92. The summed E-state index contributed by atoms with van der Waals surface area (Å²) in [5, 5.41) is 2.76. The molecule has 0 atom stereocenters. The van der Waals surface area contributed by atoms with E-state index in [1.807, 2.05) is 42.5 Å². The Morgan fingerprint density at radius 2 is 2.14 bits per heavy atom. The molecule has 2 rings (SSSR count). The van der Waals surface area contributed by atoms with E-state index in [4.69, 9.17) is 9.47 Å². The molecule has 0 radical (unpaired) electrons. The van der Waals surface area contributed by atoms with Gasteiger partial charge in [-0.1, -0.05) is 18.2 Å². The molecular formula is C16H18N2O3. The van der Waals surface area contributed by atoms with E-state index in [2.05, 4.69) is 10.3 Å². The van der Waals surface area contributed by atoms with Gasteiger partial charge in [0.1, 0.15) is 12.4 Å². The Balaban J connectivity index is 1.69. The number of carbonyl (C=O) groups excluding carboxylic acids is 1. The summed E-state index contributed by atoms with van der Waals surface area (Å²) in [6.45, 7) is 0.792. The number of hydrogen-bond donors (Lipinski definition) is 1. The summed E-state index contributed by atoms with van der Waals surface area (Å²) in [7, 11) is 1.62. The second-order valence-corrected chi connectivity index (χ2v) is 4.44. The van der Waals surface area contributed by atoms with Gasteiger partial charge in [-0.3, -0.25) is 9.78 Å². The standard InChI is InChI=1S/C16H18N2O3/c1-20-15-7-4-5-13(9-15)11-21-12-16(19)18-10-14-6-2-3-8-17-14/h2-9H,10-12H2,1H3,(H,18,19). The molecule has 0 spiro atoms. The van der Waals surface area contributed by atoms with Gasteiger partial charge in [0, 0.05) is 6.20 Å². The first kappa shape index (κ1) is 15.0. The molecule has 5 heteroatoms. The van der Waals surface area contributed by atoms with Crippen molar-refractivity contribution in [2.75, 3.05) is 13.7 Å². The molecule has 2 aromatic rings. The molecule has 1 heterocycles. The number of nitrogens with one attached hydrogen (secondary N) is 1. The van der Waals surface area contributed by atoms with Crippen LogP contribution >= 0.6 is 0 Å². The van der Waals surface area contributed by atoms with Crippen LogP contribution in [0.25, 0.3) is 0 Å². The van der Waals surface area contributed by atoms with E-state index in [1.165, 1.54) is 0 Å². The second kappa shape index (κ2) is 8.01. The van der Waals surface area contributed by atoms with Crippen LogP contribution in [0, 0.1) is 0 Å². The van der Waals surface area contributed by atoms with Crippen LogP contribution in [0.2, 0.25) is 0 Å². The van der Waals surface area contributed by atoms with E-state index in [9.17, 15) is 4.79 Å². The fourth-order valence-corrected chi connectivity index (χ4v) is 1.77. The van der Waals surface area contributed by atoms with Crippen molar-refractivity contribution < 1.29 is 14.3 Å². The lowest BCUT2D eigenvalue weighted by molar-refractivity contribution is -0.126. The average molecular weight is 286 g/mol. The van der Waals surface area contributed by atoms with E-state index in [1.54, 1.807) is 13.3 Å². The van der Waals surface area contributed by atoms with Crippen LogP contribution in [0.4, 0.5) is 0 Å². The van der Waals surface area contributed by atoms with Crippen LogP contribution in [-0.2, 0) is 22.7 Å². The fraction of sp³-hybridized carbons (Fsp3) is 0.250. The maximum Gasteiger partial charge on any atom is 0.246 e. The summed E-state index contributed by atoms with van der Waals surface area (Å²) in [6.07, 6.45) is 1.70. The molecule has 21 heavy (non-hydrogen) atoms. The second-order valence-electron chi connectivity index (χ2n) is 4.44. The van der Waals surface area contributed by atoms with Gasteiger partial charge in [0.25, 0.3) is 0 Å². The maximum absolute atomic E-state index is 11.6. The minimum atomic E-state index is -0.163. The zero-order valence-electron chi connectivity index (χ0n) is 11.9. The lowest BCUT2D eigenvalue weighted by Crippen LogP contribution is -2.27. The summed E-state index contributed by atoms with van der Waals surface area (Å²) >= 11 is 0. The Morgan fingerprint density at radius 1 is 1.24 bits per heavy atom. The van der Waals surface area contributed by atoms with Gasteiger partial charge >= 0.3 is 0 Å². The number of rotatable bonds is 7. The summed E-state index contributed by atoms with van der Waals surface area (Å²) in [6, 6.07) is 13.1. The summed E-state index contributed by atoms with van der Waals surface area (Å²) in [5.41, 5.74) is 1.78. The van der Waals surface area contributed by atoms with Crippen LogP contribution in [0.15, 0.2) is 48.7 Å². The third-order valence-corrected chi connectivity index (χ3v) is 2.83. The molecular weight excluding hydrogens is 268 g/mol. The fourth-order valence-electron chi connectivity index (χ4n) is 1.77. The molecule has 0 saturated heterocycles. The third kappa shape index (κ3) is 5.24. The number of benzene rings is 1. The molecule has 0 unspecified atom stereocenters. The Bertz CT molecular complexity index is 573. The molecule has 0 aliphatic heterocycles. The van der Waals surface area contributed by atoms with Gasteiger partial charge < -0.3 is 14.8 Å². The highest BCUT2D eigenvalue weighted by atomic mass is 16.5. The Kier molecular flexibility index (Phi) is 5.72. The Hall–Kier alpha value is -2.40. The maximum atomic E-state index is 11.6. The number of aromatic nitrogens is 1. The normalized spacial score (nSPS) is 10.1. The average Bonchev–Trinajstić information content (AvgIpc) is 2.54. The van der Waals surface area contributed by atoms with Crippen LogP contribution in [-0.4, -0.2) is 24.6 Å². The molecule has 0 aliphatic rings. The molecule has 1 aromatic carbocycles. The molecule has 0 fully saturated rings. The van der Waals surface area contributed by atoms with Crippen LogP contribution in [0.3, 0.4) is 0 Å². The van der Waals surface area contributed by atoms with Crippen LogP contribution in [0.1, 0.15) is 11.3 Å². The zero-order chi connectivity index (χ0) is 14.9. The van der Waals surface area contributed by atoms with Gasteiger partial charge in [0.05, 0.1) is 26.0 Å². The molecule has 1 N–H and O–H groups in total. The van der Waals surface area contributed by atoms with Crippen LogP contribution in [0.5, 0.6) is 5.75 Å². The van der Waals surface area contributed by atoms with Crippen LogP contribution < -0.4 is 10.1 Å². The van der Waals surface area contributed by atoms with Crippen molar-refractivity contribution in [1.82, 2.24) is 10.3 Å². The number of methoxy groups -OCH3 is 1. The number of hydrogen-bond acceptors (Lipinski definition) is 4. The molecule has 110 valence electrons. The lowest BCUT2D eigenvalue weighted by atomic mass is 10.2. The predicted molar refractivity (Wildman–Crippen MR) is 78.7 cm³/mol. The molecule has 0 bridgehead atoms. The Labute approximate surface area is 123 Å². The van der Waals surface area contributed by atoms with Crippen molar-refractivity contribution in [1.29, 1.82) is 0 Å². The molecule has 5 nitrogen and oxygen atoms in total. The number of nitrogens with zero attached hydrogens (tertiary/aromatic N) is 1. The smallest absolute Gasteiger partial charge is 0.246 e. The lowest BCUT2D eigenvalue weighted by Gasteiger charge is -2.07. The van der Waals surface area contributed by atoms with Gasteiger partial charge in [-0.25, -0.2) is 0 Å². The molecule has 0 saturated carbocycles. The summed E-state index contributed by atoms with van der Waals surface area (Å²) < 4.78 is 10.5. The van der Waals surface area contributed by atoms with E-state index < -0.39 is 0 Å². The first-order valence-corrected chi connectivity index (χ1v) is 6.65. The molecule has 0 aliphatic carbocycles. The summed E-state index contributed by atoms with van der Waals surface area (Å²) in [5.74, 6) is 0.610. The minimum Gasteiger partial charge on any atom is -0.497 e. The van der Waals surface area contributed by atoms with Gasteiger partial charge in [-0.05, 0) is 29.8 Å². The number of pyridine rings is 1. The number of ether oxygens (including phenoxy) is 2. The van der Waals surface area contributed by atoms with Crippen molar-refractivity contribution in [3.8, 4) is 5.75 Å². The number of carbonyl (C=O) groups is 1. The topological polar surface area (TPSA) is 60.5 Å². The largest absolute Gasteiger partial charge is 0.497 e. The monoisotopic (exact) mass is 286 g/mol. The van der Waals surface area contributed by atoms with Crippen molar-refractivity contribution in [2.45, 2.75) is 13.2 Å². The quantitative estimate of drug-likeness (QED) is 0.845. The van der Waals surface area contributed by atoms with E-state index in [0.717, 1.165) is 17.0 Å². The molecule has 1 amide bonds. The first-order valence-electron chi connectivity index (χ1n) is 6.65. The van der Waals surface area contributed by atoms with Crippen molar-refractivity contribution in [3.05, 3.63) is 59.9 Å². The van der Waals surface area contributed by atoms with Crippen molar-refractivity contribution in [2.24, 2.45) is 0 Å². The van der Waals surface area contributed by atoms with Gasteiger partial charge in [0.2, 0.25) is 5.91 Å².